The molecule has 96 valence electrons. The van der Waals surface area contributed by atoms with Crippen molar-refractivity contribution in [2.24, 2.45) is 11.0 Å². The number of nitrogens with zero attached hydrogens (tertiary/aromatic N) is 4. The first-order valence-electron chi connectivity index (χ1n) is 5.37. The minimum atomic E-state index is -0.777. The fourth-order valence-electron chi connectivity index (χ4n) is 1.13. The Bertz CT molecular complexity index is 334. The van der Waals surface area contributed by atoms with Crippen LogP contribution in [0.5, 0.6) is 0 Å². The second kappa shape index (κ2) is 6.88. The molecule has 17 heavy (non-hydrogen) atoms. The number of amides is 2. The molecular weight excluding hydrogens is 222 g/mol. The minimum absolute atomic E-state index is 0.133. The van der Waals surface area contributed by atoms with E-state index in [-0.39, 0.29) is 17.9 Å². The van der Waals surface area contributed by atoms with Crippen molar-refractivity contribution in [3.63, 3.8) is 0 Å². The van der Waals surface area contributed by atoms with Gasteiger partial charge in [0, 0.05) is 4.91 Å². The zero-order chi connectivity index (χ0) is 13.6. The molecule has 2 atom stereocenters. The van der Waals surface area contributed by atoms with Gasteiger partial charge in [-0.2, -0.15) is 0 Å². The van der Waals surface area contributed by atoms with Crippen molar-refractivity contribution in [3.05, 3.63) is 10.4 Å². The average molecular weight is 241 g/mol. The Morgan fingerprint density at radius 2 is 1.82 bits per heavy atom. The number of rotatable bonds is 5. The Balaban J connectivity index is 4.72. The van der Waals surface area contributed by atoms with Crippen LogP contribution in [0.3, 0.4) is 0 Å². The van der Waals surface area contributed by atoms with Crippen molar-refractivity contribution in [1.29, 1.82) is 0 Å². The summed E-state index contributed by atoms with van der Waals surface area (Å²) in [5.74, 6) is -1.07. The number of carbonyl (C=O) groups excluding carboxylic acids is 2. The highest BCUT2D eigenvalue weighted by atomic mass is 16.2. The lowest BCUT2D eigenvalue weighted by Gasteiger charge is -2.24. The molecule has 7 heteroatoms. The van der Waals surface area contributed by atoms with E-state index >= 15 is 0 Å². The molecule has 0 saturated heterocycles. The van der Waals surface area contributed by atoms with Crippen LogP contribution < -0.4 is 5.32 Å². The lowest BCUT2D eigenvalue weighted by Crippen LogP contribution is -2.50. The van der Waals surface area contributed by atoms with Gasteiger partial charge in [-0.15, -0.1) is 0 Å². The van der Waals surface area contributed by atoms with Crippen molar-refractivity contribution >= 4 is 11.8 Å². The van der Waals surface area contributed by atoms with Crippen LogP contribution in [-0.4, -0.2) is 42.9 Å². The largest absolute Gasteiger partial charge is 0.344 e. The molecule has 0 aliphatic heterocycles. The summed E-state index contributed by atoms with van der Waals surface area (Å²) in [5, 5.41) is 5.60. The first-order chi connectivity index (χ1) is 7.81. The van der Waals surface area contributed by atoms with Gasteiger partial charge in [0.05, 0.1) is 12.1 Å². The monoisotopic (exact) mass is 241 g/mol. The molecule has 0 bridgehead atoms. The first-order valence-corrected chi connectivity index (χ1v) is 5.37. The fourth-order valence-corrected chi connectivity index (χ4v) is 1.13. The molecule has 1 N–H and O–H groups in total. The van der Waals surface area contributed by atoms with Crippen LogP contribution in [0.25, 0.3) is 10.4 Å². The van der Waals surface area contributed by atoms with Gasteiger partial charge in [-0.1, -0.05) is 13.8 Å². The second-order valence-electron chi connectivity index (χ2n) is 4.40. The number of carbonyl (C=O) groups is 2. The number of azide groups is 1. The Morgan fingerprint density at radius 3 is 2.18 bits per heavy atom. The summed E-state index contributed by atoms with van der Waals surface area (Å²) in [6.45, 7) is 5.27. The van der Waals surface area contributed by atoms with E-state index in [1.165, 1.54) is 0 Å². The molecule has 0 saturated carbocycles. The van der Waals surface area contributed by atoms with E-state index in [1.807, 2.05) is 0 Å². The Hall–Kier alpha value is -1.59. The van der Waals surface area contributed by atoms with E-state index in [9.17, 15) is 9.59 Å². The molecule has 0 aromatic rings. The van der Waals surface area contributed by atoms with E-state index < -0.39 is 11.9 Å². The third-order valence-corrected chi connectivity index (χ3v) is 2.53. The van der Waals surface area contributed by atoms with Gasteiger partial charge < -0.3 is 5.32 Å². The highest BCUT2D eigenvalue weighted by Crippen LogP contribution is 2.05. The normalized spacial score (nSPS) is 14.1. The molecule has 0 radical (unpaired) electrons. The summed E-state index contributed by atoms with van der Waals surface area (Å²) in [6.07, 6.45) is 0. The molecule has 7 nitrogen and oxygen atoms in total. The van der Waals surface area contributed by atoms with Crippen molar-refractivity contribution in [3.8, 4) is 0 Å². The van der Waals surface area contributed by atoms with Crippen molar-refractivity contribution in [1.82, 2.24) is 10.2 Å². The van der Waals surface area contributed by atoms with Gasteiger partial charge in [-0.05, 0) is 37.6 Å². The topological polar surface area (TPSA) is 98.2 Å². The van der Waals surface area contributed by atoms with Crippen molar-refractivity contribution < 1.29 is 9.59 Å². The van der Waals surface area contributed by atoms with Gasteiger partial charge in [0.25, 0.3) is 0 Å². The number of nitrogens with one attached hydrogen (secondary N) is 1. The van der Waals surface area contributed by atoms with Crippen LogP contribution in [0.15, 0.2) is 5.11 Å². The van der Waals surface area contributed by atoms with Gasteiger partial charge >= 0.3 is 0 Å². The highest BCUT2D eigenvalue weighted by Gasteiger charge is 2.25. The van der Waals surface area contributed by atoms with Gasteiger partial charge in [0.2, 0.25) is 11.8 Å². The molecule has 2 unspecified atom stereocenters. The maximum Gasteiger partial charge on any atom is 0.241 e. The molecule has 2 amide bonds. The van der Waals surface area contributed by atoms with E-state index in [0.29, 0.717) is 0 Å². The Labute approximate surface area is 101 Å². The zero-order valence-corrected chi connectivity index (χ0v) is 10.8. The zero-order valence-electron chi connectivity index (χ0n) is 10.8. The summed E-state index contributed by atoms with van der Waals surface area (Å²) >= 11 is 0. The third-order valence-electron chi connectivity index (χ3n) is 2.53. The quantitative estimate of drug-likeness (QED) is 0.440. The van der Waals surface area contributed by atoms with Crippen LogP contribution in [0, 0.1) is 5.92 Å². The Kier molecular flexibility index (Phi) is 6.23. The standard InChI is InChI=1S/C10H19N5O2/c1-6(2)8(10(17)13-14-11)12-9(16)7(3)15(4)5/h6-8H,1-5H3,(H,12,16). The van der Waals surface area contributed by atoms with Gasteiger partial charge in [0.1, 0.15) is 0 Å². The van der Waals surface area contributed by atoms with Crippen LogP contribution in [-0.2, 0) is 9.59 Å². The molecule has 0 aliphatic rings. The number of likely N-dealkylation sites (N-methyl/N-ethyl adjacent to an activating group) is 1. The predicted octanol–water partition coefficient (Wildman–Crippen LogP) is 0.914. The van der Waals surface area contributed by atoms with Crippen molar-refractivity contribution in [2.45, 2.75) is 32.9 Å². The van der Waals surface area contributed by atoms with E-state index in [0.717, 1.165) is 0 Å². The number of hydrogen-bond acceptors (Lipinski definition) is 3. The van der Waals surface area contributed by atoms with Crippen LogP contribution in [0.4, 0.5) is 0 Å². The third kappa shape index (κ3) is 4.84. The second-order valence-corrected chi connectivity index (χ2v) is 4.40. The van der Waals surface area contributed by atoms with Gasteiger partial charge in [-0.3, -0.25) is 14.5 Å². The summed E-state index contributed by atoms with van der Waals surface area (Å²) in [6, 6.07) is -1.13. The minimum Gasteiger partial charge on any atom is -0.344 e. The van der Waals surface area contributed by atoms with E-state index in [1.54, 1.807) is 39.8 Å². The molecular formula is C10H19N5O2. The van der Waals surface area contributed by atoms with Crippen LogP contribution in [0.1, 0.15) is 20.8 Å². The predicted molar refractivity (Wildman–Crippen MR) is 64.1 cm³/mol. The average Bonchev–Trinajstić information content (AvgIpc) is 2.23. The summed E-state index contributed by atoms with van der Waals surface area (Å²) in [4.78, 5) is 27.4. The van der Waals surface area contributed by atoms with Crippen LogP contribution >= 0.6 is 0 Å². The summed E-state index contributed by atoms with van der Waals surface area (Å²) in [7, 11) is 3.54. The van der Waals surface area contributed by atoms with Gasteiger partial charge in [-0.25, -0.2) is 0 Å². The lowest BCUT2D eigenvalue weighted by atomic mass is 10.0. The maximum absolute atomic E-state index is 11.8. The van der Waals surface area contributed by atoms with Crippen molar-refractivity contribution in [2.75, 3.05) is 14.1 Å². The van der Waals surface area contributed by atoms with Gasteiger partial charge in [0.15, 0.2) is 0 Å². The van der Waals surface area contributed by atoms with E-state index in [4.69, 9.17) is 5.53 Å². The molecule has 0 aromatic carbocycles. The molecule has 0 fully saturated rings. The molecule has 0 aliphatic carbocycles. The molecule has 0 spiro atoms. The Morgan fingerprint density at radius 1 is 1.29 bits per heavy atom. The highest BCUT2D eigenvalue weighted by molar-refractivity contribution is 5.90. The summed E-state index contributed by atoms with van der Waals surface area (Å²) in [5.41, 5.74) is 8.22. The number of hydrogen-bond donors (Lipinski definition) is 1. The molecule has 0 rings (SSSR count). The molecule has 0 aromatic heterocycles. The fraction of sp³-hybridized carbons (Fsp3) is 0.800. The summed E-state index contributed by atoms with van der Waals surface area (Å²) < 4.78 is 0. The first kappa shape index (κ1) is 15.4. The van der Waals surface area contributed by atoms with Crippen LogP contribution in [0.2, 0.25) is 0 Å². The lowest BCUT2D eigenvalue weighted by molar-refractivity contribution is -0.130. The maximum atomic E-state index is 11.8. The SMILES string of the molecule is CC(C)C(NC(=O)C(C)N(C)C)C(=O)N=[N+]=[N-]. The smallest absolute Gasteiger partial charge is 0.241 e. The van der Waals surface area contributed by atoms with E-state index in [2.05, 4.69) is 15.3 Å². The molecule has 0 heterocycles.